The summed E-state index contributed by atoms with van der Waals surface area (Å²) >= 11 is 0. The molecule has 0 aliphatic heterocycles. The number of rotatable bonds is 2. The summed E-state index contributed by atoms with van der Waals surface area (Å²) in [5.41, 5.74) is 0.776. The number of carbonyl (C=O) groups is 1. The van der Waals surface area contributed by atoms with Crippen LogP contribution in [0.4, 0.5) is 0 Å². The largest absolute Gasteiger partial charge is 0.512 e. The van der Waals surface area contributed by atoms with E-state index in [9.17, 15) is 20.1 Å². The summed E-state index contributed by atoms with van der Waals surface area (Å²) in [6.45, 7) is 0. The topological polar surface area (TPSA) is 77.8 Å². The van der Waals surface area contributed by atoms with Crippen molar-refractivity contribution >= 4 is 5.78 Å². The van der Waals surface area contributed by atoms with Gasteiger partial charge in [-0.2, -0.15) is 0 Å². The predicted molar refractivity (Wildman–Crippen MR) is 57.4 cm³/mol. The average Bonchev–Trinajstić information content (AvgIpc) is 2.56. The fraction of sp³-hybridized carbons (Fsp3) is 0.250. The number of hydrogen-bond donors (Lipinski definition) is 3. The minimum Gasteiger partial charge on any atom is -0.512 e. The van der Waals surface area contributed by atoms with Gasteiger partial charge in [-0.15, -0.1) is 0 Å². The normalized spacial score (nSPS) is 15.9. The molecule has 1 aliphatic rings. The Morgan fingerprint density at radius 3 is 2.50 bits per heavy atom. The summed E-state index contributed by atoms with van der Waals surface area (Å²) in [7, 11) is 0. The van der Waals surface area contributed by atoms with Crippen molar-refractivity contribution < 1.29 is 20.1 Å². The van der Waals surface area contributed by atoms with Crippen molar-refractivity contribution in [2.45, 2.75) is 19.3 Å². The molecule has 0 bridgehead atoms. The van der Waals surface area contributed by atoms with Crippen molar-refractivity contribution in [3.05, 3.63) is 35.1 Å². The molecule has 0 atom stereocenters. The van der Waals surface area contributed by atoms with Gasteiger partial charge >= 0.3 is 0 Å². The zero-order chi connectivity index (χ0) is 11.7. The summed E-state index contributed by atoms with van der Waals surface area (Å²) < 4.78 is 0. The number of benzene rings is 1. The molecule has 0 fully saturated rings. The van der Waals surface area contributed by atoms with Crippen molar-refractivity contribution in [1.82, 2.24) is 0 Å². The third kappa shape index (κ3) is 1.74. The van der Waals surface area contributed by atoms with E-state index in [1.54, 1.807) is 12.1 Å². The van der Waals surface area contributed by atoms with Crippen LogP contribution in [0.3, 0.4) is 0 Å². The molecule has 2 rings (SSSR count). The molecule has 0 radical (unpaired) electrons. The van der Waals surface area contributed by atoms with Gasteiger partial charge in [0.15, 0.2) is 17.3 Å². The number of Topliss-reactive ketones (excluding diaryl/α,β-unsaturated/α-hetero) is 1. The van der Waals surface area contributed by atoms with Gasteiger partial charge in [0.1, 0.15) is 0 Å². The molecule has 0 aromatic heterocycles. The maximum absolute atomic E-state index is 11.4. The number of allylic oxidation sites excluding steroid dienone is 2. The fourth-order valence-corrected chi connectivity index (χ4v) is 1.81. The van der Waals surface area contributed by atoms with Gasteiger partial charge in [0.2, 0.25) is 0 Å². The first-order valence-corrected chi connectivity index (χ1v) is 5.03. The van der Waals surface area contributed by atoms with Crippen LogP contribution in [0.2, 0.25) is 0 Å². The Bertz CT molecular complexity index is 474. The van der Waals surface area contributed by atoms with Gasteiger partial charge in [0, 0.05) is 30.4 Å². The van der Waals surface area contributed by atoms with E-state index < -0.39 is 0 Å². The van der Waals surface area contributed by atoms with Crippen molar-refractivity contribution in [3.63, 3.8) is 0 Å². The van der Waals surface area contributed by atoms with Crippen LogP contribution in [-0.2, 0) is 11.2 Å². The van der Waals surface area contributed by atoms with E-state index in [2.05, 4.69) is 0 Å². The van der Waals surface area contributed by atoms with E-state index >= 15 is 0 Å². The van der Waals surface area contributed by atoms with Crippen LogP contribution >= 0.6 is 0 Å². The predicted octanol–water partition coefficient (Wildman–Crippen LogP) is 1.82. The van der Waals surface area contributed by atoms with E-state index in [-0.39, 0.29) is 29.5 Å². The quantitative estimate of drug-likeness (QED) is 0.664. The highest BCUT2D eigenvalue weighted by molar-refractivity contribution is 5.98. The summed E-state index contributed by atoms with van der Waals surface area (Å²) in [5.74, 6) is -0.460. The van der Waals surface area contributed by atoms with Crippen LogP contribution in [-0.4, -0.2) is 21.1 Å². The maximum atomic E-state index is 11.4. The number of para-hydroxylation sites is 1. The number of aliphatic hydroxyl groups excluding tert-OH is 1. The molecule has 0 spiro atoms. The molecule has 0 saturated carbocycles. The first-order chi connectivity index (χ1) is 7.59. The zero-order valence-electron chi connectivity index (χ0n) is 8.60. The van der Waals surface area contributed by atoms with Crippen LogP contribution in [0.5, 0.6) is 11.5 Å². The first-order valence-electron chi connectivity index (χ1n) is 5.03. The van der Waals surface area contributed by atoms with Crippen LogP contribution in [0.15, 0.2) is 29.5 Å². The van der Waals surface area contributed by atoms with Gasteiger partial charge in [-0.3, -0.25) is 4.79 Å². The van der Waals surface area contributed by atoms with Gasteiger partial charge in [-0.05, 0) is 6.07 Å². The highest BCUT2D eigenvalue weighted by atomic mass is 16.3. The highest BCUT2D eigenvalue weighted by Gasteiger charge is 2.23. The smallest absolute Gasteiger partial charge is 0.162 e. The molecule has 0 unspecified atom stereocenters. The lowest BCUT2D eigenvalue weighted by molar-refractivity contribution is -0.115. The second kappa shape index (κ2) is 3.89. The molecule has 0 amide bonds. The van der Waals surface area contributed by atoms with Crippen molar-refractivity contribution in [2.75, 3.05) is 0 Å². The van der Waals surface area contributed by atoms with Crippen LogP contribution in [0, 0.1) is 0 Å². The van der Waals surface area contributed by atoms with Crippen LogP contribution < -0.4 is 0 Å². The molecule has 0 saturated heterocycles. The molecule has 1 aliphatic carbocycles. The molecule has 16 heavy (non-hydrogen) atoms. The lowest BCUT2D eigenvalue weighted by Crippen LogP contribution is -2.01. The Morgan fingerprint density at radius 1 is 1.12 bits per heavy atom. The number of carbonyl (C=O) groups excluding carboxylic acids is 1. The standard InChI is InChI=1S/C12H12O4/c13-9-4-5-10(14)8(9)6-7-2-1-3-11(15)12(7)16/h1-3,13,15-16H,4-6H2. The summed E-state index contributed by atoms with van der Waals surface area (Å²) in [4.78, 5) is 11.4. The first kappa shape index (κ1) is 10.5. The Balaban J connectivity index is 2.31. The lowest BCUT2D eigenvalue weighted by atomic mass is 10.0. The molecule has 4 nitrogen and oxygen atoms in total. The molecular formula is C12H12O4. The van der Waals surface area contributed by atoms with E-state index in [1.807, 2.05) is 0 Å². The number of ketones is 1. The Kier molecular flexibility index (Phi) is 2.56. The zero-order valence-corrected chi connectivity index (χ0v) is 8.60. The highest BCUT2D eigenvalue weighted by Crippen LogP contribution is 2.32. The monoisotopic (exact) mass is 220 g/mol. The lowest BCUT2D eigenvalue weighted by Gasteiger charge is -2.06. The number of phenolic OH excluding ortho intramolecular Hbond substituents is 2. The second-order valence-electron chi connectivity index (χ2n) is 3.81. The molecular weight excluding hydrogens is 208 g/mol. The summed E-state index contributed by atoms with van der Waals surface area (Å²) in [6.07, 6.45) is 0.847. The molecule has 1 aromatic carbocycles. The number of aliphatic hydroxyl groups is 1. The van der Waals surface area contributed by atoms with Gasteiger partial charge < -0.3 is 15.3 Å². The minimum absolute atomic E-state index is 0.0905. The molecule has 1 aromatic rings. The fourth-order valence-electron chi connectivity index (χ4n) is 1.81. The molecule has 84 valence electrons. The second-order valence-corrected chi connectivity index (χ2v) is 3.81. The third-order valence-corrected chi connectivity index (χ3v) is 2.74. The molecule has 3 N–H and O–H groups in total. The van der Waals surface area contributed by atoms with E-state index in [0.717, 1.165) is 0 Å². The van der Waals surface area contributed by atoms with Gasteiger partial charge in [-0.1, -0.05) is 12.1 Å². The SMILES string of the molecule is O=C1CCC(O)=C1Cc1cccc(O)c1O. The molecule has 0 heterocycles. The van der Waals surface area contributed by atoms with Gasteiger partial charge in [0.05, 0.1) is 5.76 Å². The Labute approximate surface area is 92.5 Å². The van der Waals surface area contributed by atoms with Gasteiger partial charge in [0.25, 0.3) is 0 Å². The minimum atomic E-state index is -0.234. The Hall–Kier alpha value is -1.97. The van der Waals surface area contributed by atoms with Crippen molar-refractivity contribution in [2.24, 2.45) is 0 Å². The van der Waals surface area contributed by atoms with Gasteiger partial charge in [-0.25, -0.2) is 0 Å². The summed E-state index contributed by atoms with van der Waals surface area (Å²) in [6, 6.07) is 4.56. The third-order valence-electron chi connectivity index (χ3n) is 2.74. The number of aromatic hydroxyl groups is 2. The van der Waals surface area contributed by atoms with Crippen LogP contribution in [0.25, 0.3) is 0 Å². The average molecular weight is 220 g/mol. The van der Waals surface area contributed by atoms with Crippen molar-refractivity contribution in [3.8, 4) is 11.5 Å². The van der Waals surface area contributed by atoms with E-state index in [0.29, 0.717) is 24.0 Å². The molecule has 4 heteroatoms. The van der Waals surface area contributed by atoms with Crippen LogP contribution in [0.1, 0.15) is 18.4 Å². The summed E-state index contributed by atoms with van der Waals surface area (Å²) in [5, 5.41) is 28.4. The van der Waals surface area contributed by atoms with E-state index in [1.165, 1.54) is 6.07 Å². The van der Waals surface area contributed by atoms with Crippen molar-refractivity contribution in [1.29, 1.82) is 0 Å². The number of phenols is 2. The Morgan fingerprint density at radius 2 is 1.88 bits per heavy atom. The maximum Gasteiger partial charge on any atom is 0.162 e. The number of hydrogen-bond acceptors (Lipinski definition) is 4. The van der Waals surface area contributed by atoms with E-state index in [4.69, 9.17) is 0 Å².